The molecule has 33 heavy (non-hydrogen) atoms. The molecule has 1 aliphatic heterocycles. The summed E-state index contributed by atoms with van der Waals surface area (Å²) in [5.41, 5.74) is 10.4. The van der Waals surface area contributed by atoms with Crippen molar-refractivity contribution in [3.63, 3.8) is 0 Å². The van der Waals surface area contributed by atoms with Crippen molar-refractivity contribution in [1.29, 1.82) is 0 Å². The summed E-state index contributed by atoms with van der Waals surface area (Å²) in [6.45, 7) is 9.24. The lowest BCUT2D eigenvalue weighted by Gasteiger charge is -2.19. The lowest BCUT2D eigenvalue weighted by atomic mass is 9.86. The largest absolute Gasteiger partial charge is 0.494 e. The fourth-order valence-electron chi connectivity index (χ4n) is 3.77. The first-order valence-electron chi connectivity index (χ1n) is 11.3. The fourth-order valence-corrected chi connectivity index (χ4v) is 3.77. The molecule has 1 aliphatic rings. The van der Waals surface area contributed by atoms with E-state index in [4.69, 9.17) is 14.8 Å². The number of aliphatic imine (C=N–C) groups is 1. The molecule has 1 heterocycles. The smallest absolute Gasteiger partial charge is 0.154 e. The van der Waals surface area contributed by atoms with E-state index < -0.39 is 0 Å². The Kier molecular flexibility index (Phi) is 6.23. The van der Waals surface area contributed by atoms with Crippen LogP contribution in [-0.2, 0) is 5.41 Å². The third-order valence-electron chi connectivity index (χ3n) is 5.72. The second-order valence-corrected chi connectivity index (χ2v) is 9.41. The van der Waals surface area contributed by atoms with Crippen molar-refractivity contribution < 1.29 is 4.74 Å². The van der Waals surface area contributed by atoms with E-state index in [1.54, 1.807) is 0 Å². The number of ether oxygens (including phenoxy) is 1. The molecule has 5 heteroatoms. The number of hydrogen-bond acceptors (Lipinski definition) is 5. The summed E-state index contributed by atoms with van der Waals surface area (Å²) in [6, 6.07) is 22.9. The molecule has 3 aromatic carbocycles. The fraction of sp³-hybridized carbons (Fsp3) is 0.286. The lowest BCUT2D eigenvalue weighted by Crippen LogP contribution is -2.20. The van der Waals surface area contributed by atoms with Gasteiger partial charge in [0.25, 0.3) is 0 Å². The molecule has 1 N–H and O–H groups in total. The zero-order chi connectivity index (χ0) is 23.6. The molecule has 170 valence electrons. The van der Waals surface area contributed by atoms with Crippen LogP contribution in [-0.4, -0.2) is 32.2 Å². The number of hydrazone groups is 1. The van der Waals surface area contributed by atoms with E-state index in [0.29, 0.717) is 6.61 Å². The van der Waals surface area contributed by atoms with Crippen LogP contribution in [0, 0.1) is 0 Å². The topological polar surface area (TPSA) is 49.2 Å². The molecule has 0 saturated carbocycles. The van der Waals surface area contributed by atoms with Gasteiger partial charge in [0, 0.05) is 36.5 Å². The van der Waals surface area contributed by atoms with E-state index in [1.165, 1.54) is 5.56 Å². The molecule has 0 amide bonds. The predicted molar refractivity (Wildman–Crippen MR) is 138 cm³/mol. The van der Waals surface area contributed by atoms with Gasteiger partial charge in [-0.3, -0.25) is 5.43 Å². The maximum absolute atomic E-state index is 5.77. The summed E-state index contributed by atoms with van der Waals surface area (Å²) in [6.07, 6.45) is 0. The zero-order valence-corrected chi connectivity index (χ0v) is 20.3. The summed E-state index contributed by atoms with van der Waals surface area (Å²) in [7, 11) is 4.07. The average molecular weight is 441 g/mol. The number of nitrogens with one attached hydrogen (secondary N) is 1. The van der Waals surface area contributed by atoms with E-state index >= 15 is 0 Å². The molecule has 3 aromatic rings. The van der Waals surface area contributed by atoms with E-state index in [9.17, 15) is 0 Å². The van der Waals surface area contributed by atoms with Crippen LogP contribution in [0.25, 0.3) is 0 Å². The Balaban J connectivity index is 1.78. The Labute approximate surface area is 196 Å². The van der Waals surface area contributed by atoms with Gasteiger partial charge in [-0.2, -0.15) is 5.10 Å². The molecule has 0 radical (unpaired) electrons. The molecule has 4 rings (SSSR count). The summed E-state index contributed by atoms with van der Waals surface area (Å²) in [5.74, 6) is 1.53. The molecule has 5 nitrogen and oxygen atoms in total. The Morgan fingerprint density at radius 2 is 1.55 bits per heavy atom. The minimum Gasteiger partial charge on any atom is -0.494 e. The number of fused-ring (bicyclic) bond motifs is 1. The highest BCUT2D eigenvalue weighted by molar-refractivity contribution is 6.18. The van der Waals surface area contributed by atoms with Crippen molar-refractivity contribution in [1.82, 2.24) is 5.43 Å². The maximum atomic E-state index is 5.77. The van der Waals surface area contributed by atoms with Crippen LogP contribution in [0.2, 0.25) is 0 Å². The van der Waals surface area contributed by atoms with Crippen LogP contribution in [0.1, 0.15) is 49.9 Å². The number of amidine groups is 1. The van der Waals surface area contributed by atoms with Crippen molar-refractivity contribution >= 4 is 22.9 Å². The van der Waals surface area contributed by atoms with Gasteiger partial charge >= 0.3 is 0 Å². The van der Waals surface area contributed by atoms with Crippen LogP contribution in [0.15, 0.2) is 76.8 Å². The van der Waals surface area contributed by atoms with Gasteiger partial charge in [0.05, 0.1) is 12.3 Å². The minimum atomic E-state index is 0.101. The third-order valence-corrected chi connectivity index (χ3v) is 5.72. The van der Waals surface area contributed by atoms with E-state index in [-0.39, 0.29) is 5.41 Å². The predicted octanol–water partition coefficient (Wildman–Crippen LogP) is 5.88. The molecule has 0 aliphatic carbocycles. The first-order chi connectivity index (χ1) is 15.8. The van der Waals surface area contributed by atoms with Crippen LogP contribution in [0.3, 0.4) is 0 Å². The molecule has 0 unspecified atom stereocenters. The third kappa shape index (κ3) is 4.92. The van der Waals surface area contributed by atoms with Crippen molar-refractivity contribution in [2.75, 3.05) is 25.6 Å². The van der Waals surface area contributed by atoms with Crippen molar-refractivity contribution in [2.45, 2.75) is 33.1 Å². The van der Waals surface area contributed by atoms with Crippen molar-refractivity contribution in [2.24, 2.45) is 10.1 Å². The van der Waals surface area contributed by atoms with Gasteiger partial charge < -0.3 is 9.64 Å². The van der Waals surface area contributed by atoms with E-state index in [1.807, 2.05) is 39.2 Å². The number of benzene rings is 3. The summed E-state index contributed by atoms with van der Waals surface area (Å²) >= 11 is 0. The molecule has 0 bridgehead atoms. The molecular weight excluding hydrogens is 408 g/mol. The maximum Gasteiger partial charge on any atom is 0.154 e. The molecule has 0 aromatic heterocycles. The van der Waals surface area contributed by atoms with Gasteiger partial charge in [0.15, 0.2) is 5.84 Å². The number of rotatable bonds is 5. The number of nitrogens with zero attached hydrogens (tertiary/aromatic N) is 3. The van der Waals surface area contributed by atoms with Crippen molar-refractivity contribution in [3.05, 3.63) is 89.0 Å². The average Bonchev–Trinajstić information content (AvgIpc) is 2.98. The van der Waals surface area contributed by atoms with Crippen LogP contribution in [0.5, 0.6) is 5.75 Å². The number of anilines is 1. The summed E-state index contributed by atoms with van der Waals surface area (Å²) < 4.78 is 5.77. The second kappa shape index (κ2) is 9.10. The van der Waals surface area contributed by atoms with E-state index in [2.05, 4.69) is 79.6 Å². The van der Waals surface area contributed by atoms with Crippen molar-refractivity contribution in [3.8, 4) is 5.75 Å². The molecule has 0 saturated heterocycles. The van der Waals surface area contributed by atoms with Gasteiger partial charge in [-0.05, 0) is 48.2 Å². The van der Waals surface area contributed by atoms with Gasteiger partial charge in [-0.15, -0.1) is 0 Å². The molecule has 0 spiro atoms. The minimum absolute atomic E-state index is 0.101. The Morgan fingerprint density at radius 3 is 2.15 bits per heavy atom. The van der Waals surface area contributed by atoms with Gasteiger partial charge in [0.1, 0.15) is 11.5 Å². The monoisotopic (exact) mass is 440 g/mol. The molecule has 0 fully saturated rings. The van der Waals surface area contributed by atoms with Gasteiger partial charge in [0.2, 0.25) is 0 Å². The quantitative estimate of drug-likeness (QED) is 0.539. The number of hydrogen-bond donors (Lipinski definition) is 1. The molecular formula is C28H32N4O. The van der Waals surface area contributed by atoms with Gasteiger partial charge in [-0.25, -0.2) is 4.99 Å². The first kappa shape index (κ1) is 22.6. The summed E-state index contributed by atoms with van der Waals surface area (Å²) in [5, 5.41) is 4.81. The Hall–Kier alpha value is -3.60. The first-order valence-corrected chi connectivity index (χ1v) is 11.3. The lowest BCUT2D eigenvalue weighted by molar-refractivity contribution is 0.340. The van der Waals surface area contributed by atoms with Crippen LogP contribution < -0.4 is 15.1 Å². The second-order valence-electron chi connectivity index (χ2n) is 9.41. The highest BCUT2D eigenvalue weighted by Gasteiger charge is 2.19. The SMILES string of the molecule is CCOc1ccc2c(c1)C(c1ccc(N(C)C)cc1)=NNC(c1ccc(C(C)(C)C)cc1)=N2. The van der Waals surface area contributed by atoms with Gasteiger partial charge in [-0.1, -0.05) is 57.2 Å². The highest BCUT2D eigenvalue weighted by atomic mass is 16.5. The van der Waals surface area contributed by atoms with Crippen LogP contribution >= 0.6 is 0 Å². The zero-order valence-electron chi connectivity index (χ0n) is 20.3. The Morgan fingerprint density at radius 1 is 0.879 bits per heavy atom. The highest BCUT2D eigenvalue weighted by Crippen LogP contribution is 2.30. The van der Waals surface area contributed by atoms with E-state index in [0.717, 1.165) is 45.4 Å². The summed E-state index contributed by atoms with van der Waals surface area (Å²) in [4.78, 5) is 7.04. The molecule has 0 atom stereocenters. The Bertz CT molecular complexity index is 1180. The standard InChI is InChI=1S/C28H32N4O/c1-7-33-23-16-17-25-24(18-23)26(19-10-14-22(15-11-19)32(5)6)30-31-27(29-25)20-8-12-21(13-9-20)28(2,3)4/h8-18H,7H2,1-6H3,(H,29,31). The normalized spacial score (nSPS) is 13.3. The van der Waals surface area contributed by atoms with Crippen LogP contribution in [0.4, 0.5) is 11.4 Å².